The first kappa shape index (κ1) is 17.2. The monoisotopic (exact) mass is 321 g/mol. The lowest BCUT2D eigenvalue weighted by Crippen LogP contribution is -2.46. The van der Waals surface area contributed by atoms with Gasteiger partial charge in [0.2, 0.25) is 0 Å². The second-order valence-electron chi connectivity index (χ2n) is 5.77. The number of aryl methyl sites for hydroxylation is 1. The average Bonchev–Trinajstić information content (AvgIpc) is 2.58. The summed E-state index contributed by atoms with van der Waals surface area (Å²) >= 11 is 0. The maximum Gasteiger partial charge on any atom is 0.308 e. The zero-order chi connectivity index (χ0) is 16.8. The van der Waals surface area contributed by atoms with Gasteiger partial charge in [0.25, 0.3) is 0 Å². The van der Waals surface area contributed by atoms with Crippen molar-refractivity contribution < 1.29 is 13.9 Å². The van der Waals surface area contributed by atoms with Crippen LogP contribution in [-0.4, -0.2) is 44.1 Å². The summed E-state index contributed by atoms with van der Waals surface area (Å²) in [4.78, 5) is 18.0. The number of halogens is 1. The Labute approximate surface area is 136 Å². The Bertz CT molecular complexity index is 581. The number of ether oxygens (including phenoxy) is 1. The van der Waals surface area contributed by atoms with E-state index < -0.39 is 0 Å². The number of hydrogen-bond donors (Lipinski definition) is 1. The van der Waals surface area contributed by atoms with Crippen LogP contribution in [0.2, 0.25) is 0 Å². The number of benzene rings is 1. The summed E-state index contributed by atoms with van der Waals surface area (Å²) < 4.78 is 18.1. The van der Waals surface area contributed by atoms with E-state index in [2.05, 4.69) is 15.2 Å². The normalized spacial score (nSPS) is 16.3. The largest absolute Gasteiger partial charge is 0.469 e. The second kappa shape index (κ2) is 7.94. The highest BCUT2D eigenvalue weighted by molar-refractivity contribution is 5.80. The van der Waals surface area contributed by atoms with E-state index in [0.29, 0.717) is 12.1 Å². The third-order valence-corrected chi connectivity index (χ3v) is 4.21. The lowest BCUT2D eigenvalue weighted by Gasteiger charge is -2.33. The van der Waals surface area contributed by atoms with Crippen LogP contribution in [0.4, 0.5) is 4.39 Å². The molecule has 0 aromatic heterocycles. The van der Waals surface area contributed by atoms with Gasteiger partial charge in [-0.3, -0.25) is 9.79 Å². The van der Waals surface area contributed by atoms with Crippen molar-refractivity contribution in [1.29, 1.82) is 0 Å². The maximum absolute atomic E-state index is 13.3. The van der Waals surface area contributed by atoms with Gasteiger partial charge >= 0.3 is 5.97 Å². The minimum absolute atomic E-state index is 0.0193. The summed E-state index contributed by atoms with van der Waals surface area (Å²) in [7, 11) is 3.17. The van der Waals surface area contributed by atoms with E-state index in [4.69, 9.17) is 4.74 Å². The van der Waals surface area contributed by atoms with E-state index in [0.717, 1.165) is 37.5 Å². The number of likely N-dealkylation sites (tertiary alicyclic amines) is 1. The molecule has 1 fully saturated rings. The van der Waals surface area contributed by atoms with Crippen LogP contribution in [0.1, 0.15) is 24.0 Å². The standard InChI is InChI=1S/C17H24FN3O2/c1-12-10-13(4-5-15(12)18)11-20-17(19-2)21-8-6-14(7-9-21)16(22)23-3/h4-5,10,14H,6-9,11H2,1-3H3,(H,19,20). The third-order valence-electron chi connectivity index (χ3n) is 4.21. The van der Waals surface area contributed by atoms with Gasteiger partial charge in [0.05, 0.1) is 13.0 Å². The van der Waals surface area contributed by atoms with E-state index in [1.165, 1.54) is 13.2 Å². The van der Waals surface area contributed by atoms with Crippen LogP contribution >= 0.6 is 0 Å². The van der Waals surface area contributed by atoms with Crippen LogP contribution in [0, 0.1) is 18.7 Å². The number of aliphatic imine (C=N–C) groups is 1. The SMILES string of the molecule is CN=C(NCc1ccc(F)c(C)c1)N1CCC(C(=O)OC)CC1. The van der Waals surface area contributed by atoms with Crippen molar-refractivity contribution in [3.63, 3.8) is 0 Å². The quantitative estimate of drug-likeness (QED) is 0.526. The predicted molar refractivity (Wildman–Crippen MR) is 87.6 cm³/mol. The molecule has 0 bridgehead atoms. The summed E-state index contributed by atoms with van der Waals surface area (Å²) in [5.74, 6) is 0.460. The minimum Gasteiger partial charge on any atom is -0.469 e. The van der Waals surface area contributed by atoms with Gasteiger partial charge in [0, 0.05) is 26.7 Å². The number of esters is 1. The van der Waals surface area contributed by atoms with Crippen LogP contribution in [0.25, 0.3) is 0 Å². The topological polar surface area (TPSA) is 53.9 Å². The smallest absolute Gasteiger partial charge is 0.308 e. The number of rotatable bonds is 3. The fourth-order valence-corrected chi connectivity index (χ4v) is 2.82. The Morgan fingerprint density at radius 2 is 2.13 bits per heavy atom. The molecule has 0 unspecified atom stereocenters. The van der Waals surface area contributed by atoms with E-state index in [1.54, 1.807) is 20.0 Å². The summed E-state index contributed by atoms with van der Waals surface area (Å²) in [6.07, 6.45) is 1.53. The Kier molecular flexibility index (Phi) is 5.96. The number of carbonyl (C=O) groups excluding carboxylic acids is 1. The number of hydrogen-bond acceptors (Lipinski definition) is 3. The molecule has 1 aromatic carbocycles. The van der Waals surface area contributed by atoms with Gasteiger partial charge in [-0.2, -0.15) is 0 Å². The van der Waals surface area contributed by atoms with E-state index in [-0.39, 0.29) is 17.7 Å². The second-order valence-corrected chi connectivity index (χ2v) is 5.77. The molecule has 6 heteroatoms. The lowest BCUT2D eigenvalue weighted by molar-refractivity contribution is -0.146. The van der Waals surface area contributed by atoms with E-state index >= 15 is 0 Å². The summed E-state index contributed by atoms with van der Waals surface area (Å²) in [6, 6.07) is 5.09. The first-order valence-corrected chi connectivity index (χ1v) is 7.83. The molecular weight excluding hydrogens is 297 g/mol. The Morgan fingerprint density at radius 1 is 1.43 bits per heavy atom. The predicted octanol–water partition coefficient (Wildman–Crippen LogP) is 2.09. The highest BCUT2D eigenvalue weighted by Gasteiger charge is 2.26. The van der Waals surface area contributed by atoms with Gasteiger partial charge in [-0.25, -0.2) is 4.39 Å². The van der Waals surface area contributed by atoms with Crippen molar-refractivity contribution in [2.45, 2.75) is 26.3 Å². The van der Waals surface area contributed by atoms with Gasteiger partial charge in [0.15, 0.2) is 5.96 Å². The van der Waals surface area contributed by atoms with Gasteiger partial charge in [-0.1, -0.05) is 12.1 Å². The van der Waals surface area contributed by atoms with Crippen LogP contribution in [0.5, 0.6) is 0 Å². The molecule has 126 valence electrons. The molecule has 0 spiro atoms. The molecule has 1 saturated heterocycles. The van der Waals surface area contributed by atoms with Gasteiger partial charge in [-0.15, -0.1) is 0 Å². The van der Waals surface area contributed by atoms with Gasteiger partial charge in [0.1, 0.15) is 5.82 Å². The Hall–Kier alpha value is -2.11. The molecule has 23 heavy (non-hydrogen) atoms. The molecule has 0 radical (unpaired) electrons. The summed E-state index contributed by atoms with van der Waals surface area (Å²) in [6.45, 7) is 3.87. The van der Waals surface area contributed by atoms with Crippen LogP contribution in [0.3, 0.4) is 0 Å². The van der Waals surface area contributed by atoms with Gasteiger partial charge < -0.3 is 15.0 Å². The summed E-state index contributed by atoms with van der Waals surface area (Å²) in [5, 5.41) is 3.30. The molecule has 1 N–H and O–H groups in total. The highest BCUT2D eigenvalue weighted by Crippen LogP contribution is 2.18. The van der Waals surface area contributed by atoms with Crippen LogP contribution in [-0.2, 0) is 16.1 Å². The average molecular weight is 321 g/mol. The van der Waals surface area contributed by atoms with Crippen LogP contribution in [0.15, 0.2) is 23.2 Å². The van der Waals surface area contributed by atoms with Crippen molar-refractivity contribution >= 4 is 11.9 Å². The number of carbonyl (C=O) groups is 1. The number of nitrogens with one attached hydrogen (secondary N) is 1. The minimum atomic E-state index is -0.192. The zero-order valence-corrected chi connectivity index (χ0v) is 13.9. The molecule has 0 amide bonds. The first-order chi connectivity index (χ1) is 11.0. The highest BCUT2D eigenvalue weighted by atomic mass is 19.1. The number of guanidine groups is 1. The molecule has 0 saturated carbocycles. The molecule has 5 nitrogen and oxygen atoms in total. The van der Waals surface area contributed by atoms with Crippen LogP contribution < -0.4 is 5.32 Å². The van der Waals surface area contributed by atoms with Crippen molar-refractivity contribution in [3.05, 3.63) is 35.1 Å². The fraction of sp³-hybridized carbons (Fsp3) is 0.529. The zero-order valence-electron chi connectivity index (χ0n) is 13.9. The van der Waals surface area contributed by atoms with Crippen molar-refractivity contribution in [1.82, 2.24) is 10.2 Å². The Morgan fingerprint density at radius 3 is 2.70 bits per heavy atom. The molecule has 1 aliphatic heterocycles. The summed E-state index contributed by atoms with van der Waals surface area (Å²) in [5.41, 5.74) is 1.65. The maximum atomic E-state index is 13.3. The fourth-order valence-electron chi connectivity index (χ4n) is 2.82. The van der Waals surface area contributed by atoms with E-state index in [1.807, 2.05) is 6.07 Å². The first-order valence-electron chi connectivity index (χ1n) is 7.83. The lowest BCUT2D eigenvalue weighted by atomic mass is 9.97. The molecule has 1 aliphatic rings. The molecule has 1 aromatic rings. The number of methoxy groups -OCH3 is 1. The molecular formula is C17H24FN3O2. The van der Waals surface area contributed by atoms with Crippen molar-refractivity contribution in [2.75, 3.05) is 27.2 Å². The molecule has 1 heterocycles. The molecule has 0 aliphatic carbocycles. The van der Waals surface area contributed by atoms with Crippen molar-refractivity contribution in [3.8, 4) is 0 Å². The number of nitrogens with zero attached hydrogens (tertiary/aromatic N) is 2. The third kappa shape index (κ3) is 4.43. The van der Waals surface area contributed by atoms with Crippen molar-refractivity contribution in [2.24, 2.45) is 10.9 Å². The number of piperidine rings is 1. The molecule has 2 rings (SSSR count). The Balaban J connectivity index is 1.89. The van der Waals surface area contributed by atoms with E-state index in [9.17, 15) is 9.18 Å². The molecule has 0 atom stereocenters. The van der Waals surface area contributed by atoms with Gasteiger partial charge in [-0.05, 0) is 37.0 Å².